The van der Waals surface area contributed by atoms with Gasteiger partial charge in [0.25, 0.3) is 0 Å². The Balaban J connectivity index is 1.48. The van der Waals surface area contributed by atoms with Crippen molar-refractivity contribution < 1.29 is 24.1 Å². The smallest absolute Gasteiger partial charge is 0.161 e. The number of ether oxygens (including phenoxy) is 2. The number of nitrogens with zero attached hydrogens (tertiary/aromatic N) is 1. The fourth-order valence-corrected chi connectivity index (χ4v) is 3.75. The quantitative estimate of drug-likeness (QED) is 0.536. The van der Waals surface area contributed by atoms with Crippen LogP contribution < -0.4 is 14.8 Å². The second-order valence-electron chi connectivity index (χ2n) is 8.16. The third-order valence-electron chi connectivity index (χ3n) is 5.64. The Morgan fingerprint density at radius 2 is 1.90 bits per heavy atom. The lowest BCUT2D eigenvalue weighted by molar-refractivity contribution is 0.0333. The predicted molar refractivity (Wildman–Crippen MR) is 118 cm³/mol. The lowest BCUT2D eigenvalue weighted by Gasteiger charge is -2.30. The van der Waals surface area contributed by atoms with Crippen molar-refractivity contribution in [3.8, 4) is 11.5 Å². The van der Waals surface area contributed by atoms with Crippen molar-refractivity contribution in [2.24, 2.45) is 0 Å². The van der Waals surface area contributed by atoms with Gasteiger partial charge in [-0.15, -0.1) is 0 Å². The number of nitrogens with one attached hydrogen (secondary N) is 1. The van der Waals surface area contributed by atoms with E-state index in [-0.39, 0.29) is 18.5 Å². The average Bonchev–Trinajstić information content (AvgIpc) is 2.76. The minimum Gasteiger partial charge on any atom is -0.493 e. The third-order valence-corrected chi connectivity index (χ3v) is 5.64. The van der Waals surface area contributed by atoms with E-state index in [0.717, 1.165) is 42.6 Å². The summed E-state index contributed by atoms with van der Waals surface area (Å²) >= 11 is 0. The molecule has 0 bridgehead atoms. The van der Waals surface area contributed by atoms with E-state index in [2.05, 4.69) is 10.2 Å². The molecule has 0 amide bonds. The van der Waals surface area contributed by atoms with E-state index in [1.54, 1.807) is 19.2 Å². The van der Waals surface area contributed by atoms with Gasteiger partial charge in [0.15, 0.2) is 11.5 Å². The van der Waals surface area contributed by atoms with Gasteiger partial charge in [-0.05, 0) is 60.7 Å². The number of methoxy groups -OCH3 is 1. The second-order valence-corrected chi connectivity index (χ2v) is 8.16. The molecule has 1 atom stereocenters. The van der Waals surface area contributed by atoms with Gasteiger partial charge in [-0.3, -0.25) is 0 Å². The van der Waals surface area contributed by atoms with Crippen LogP contribution >= 0.6 is 0 Å². The van der Waals surface area contributed by atoms with Crippen LogP contribution in [0.3, 0.4) is 0 Å². The largest absolute Gasteiger partial charge is 0.493 e. The molecule has 2 aromatic carbocycles. The molecule has 1 saturated heterocycles. The first-order valence-electron chi connectivity index (χ1n) is 10.8. The number of aliphatic hydroxyl groups excluding tert-OH is 2. The van der Waals surface area contributed by atoms with E-state index in [4.69, 9.17) is 9.47 Å². The standard InChI is InChI=1S/C24H33FN2O4/c1-17-3-5-20(25)12-19(17)14-26-13-18-4-6-23(24(11-18)30-2)31-16-22(29)15-27-9-7-21(28)8-10-27/h3-6,11-12,21-22,26,28-29H,7-10,13-16H2,1-2H3/t22-/m0/s1. The van der Waals surface area contributed by atoms with Gasteiger partial charge in [0.1, 0.15) is 18.5 Å². The van der Waals surface area contributed by atoms with Crippen molar-refractivity contribution in [1.82, 2.24) is 10.2 Å². The van der Waals surface area contributed by atoms with Crippen molar-refractivity contribution in [3.63, 3.8) is 0 Å². The highest BCUT2D eigenvalue weighted by Crippen LogP contribution is 2.28. The molecule has 31 heavy (non-hydrogen) atoms. The summed E-state index contributed by atoms with van der Waals surface area (Å²) in [4.78, 5) is 2.15. The summed E-state index contributed by atoms with van der Waals surface area (Å²) in [5.41, 5.74) is 3.00. The Kier molecular flexibility index (Phi) is 8.66. The number of likely N-dealkylation sites (tertiary alicyclic amines) is 1. The molecular formula is C24H33FN2O4. The summed E-state index contributed by atoms with van der Waals surface area (Å²) in [5, 5.41) is 23.2. The molecule has 0 radical (unpaired) electrons. The van der Waals surface area contributed by atoms with Gasteiger partial charge in [0.05, 0.1) is 13.2 Å². The summed E-state index contributed by atoms with van der Waals surface area (Å²) in [5.74, 6) is 0.959. The molecule has 1 aliphatic heterocycles. The van der Waals surface area contributed by atoms with Gasteiger partial charge in [0.2, 0.25) is 0 Å². The van der Waals surface area contributed by atoms with Gasteiger partial charge >= 0.3 is 0 Å². The maximum atomic E-state index is 13.4. The first-order chi connectivity index (χ1) is 14.9. The van der Waals surface area contributed by atoms with E-state index in [1.165, 1.54) is 6.07 Å². The summed E-state index contributed by atoms with van der Waals surface area (Å²) < 4.78 is 24.7. The van der Waals surface area contributed by atoms with Gasteiger partial charge in [-0.2, -0.15) is 0 Å². The summed E-state index contributed by atoms with van der Waals surface area (Å²) in [7, 11) is 1.59. The van der Waals surface area contributed by atoms with Gasteiger partial charge in [-0.25, -0.2) is 4.39 Å². The van der Waals surface area contributed by atoms with Gasteiger partial charge < -0.3 is 29.9 Å². The first kappa shape index (κ1) is 23.5. The maximum Gasteiger partial charge on any atom is 0.161 e. The van der Waals surface area contributed by atoms with Crippen LogP contribution in [0.15, 0.2) is 36.4 Å². The van der Waals surface area contributed by atoms with E-state index in [0.29, 0.717) is 31.1 Å². The Morgan fingerprint density at radius 3 is 2.65 bits per heavy atom. The normalized spacial score (nSPS) is 16.3. The van der Waals surface area contributed by atoms with Crippen molar-refractivity contribution in [3.05, 3.63) is 58.9 Å². The molecule has 1 aliphatic rings. The lowest BCUT2D eigenvalue weighted by Crippen LogP contribution is -2.41. The summed E-state index contributed by atoms with van der Waals surface area (Å²) in [6.45, 7) is 5.42. The molecule has 3 N–H and O–H groups in total. The summed E-state index contributed by atoms with van der Waals surface area (Å²) in [6, 6.07) is 10.5. The maximum absolute atomic E-state index is 13.4. The zero-order valence-corrected chi connectivity index (χ0v) is 18.3. The second kappa shape index (κ2) is 11.4. The van der Waals surface area contributed by atoms with E-state index in [9.17, 15) is 14.6 Å². The lowest BCUT2D eigenvalue weighted by atomic mass is 10.1. The van der Waals surface area contributed by atoms with E-state index < -0.39 is 6.10 Å². The molecule has 1 fully saturated rings. The van der Waals surface area contributed by atoms with Gasteiger partial charge in [-0.1, -0.05) is 12.1 Å². The third kappa shape index (κ3) is 7.18. The molecule has 6 nitrogen and oxygen atoms in total. The van der Waals surface area contributed by atoms with Crippen LogP contribution in [0, 0.1) is 12.7 Å². The van der Waals surface area contributed by atoms with Crippen molar-refractivity contribution in [1.29, 1.82) is 0 Å². The number of halogens is 1. The highest BCUT2D eigenvalue weighted by Gasteiger charge is 2.20. The predicted octanol–water partition coefficient (Wildman–Crippen LogP) is 2.63. The van der Waals surface area contributed by atoms with E-state index in [1.807, 2.05) is 25.1 Å². The highest BCUT2D eigenvalue weighted by molar-refractivity contribution is 5.43. The van der Waals surface area contributed by atoms with Crippen LogP contribution in [-0.4, -0.2) is 60.7 Å². The Hall–Kier alpha value is -2.19. The number of piperidine rings is 1. The van der Waals surface area contributed by atoms with Crippen LogP contribution in [0.5, 0.6) is 11.5 Å². The SMILES string of the molecule is COc1cc(CNCc2cc(F)ccc2C)ccc1OC[C@@H](O)CN1CCC(O)CC1. The summed E-state index contributed by atoms with van der Waals surface area (Å²) in [6.07, 6.45) is 0.654. The topological polar surface area (TPSA) is 74.2 Å². The van der Waals surface area contributed by atoms with Crippen LogP contribution in [-0.2, 0) is 13.1 Å². The molecule has 0 aromatic heterocycles. The fraction of sp³-hybridized carbons (Fsp3) is 0.500. The molecule has 0 spiro atoms. The van der Waals surface area contributed by atoms with Crippen LogP contribution in [0.4, 0.5) is 4.39 Å². The van der Waals surface area contributed by atoms with Crippen molar-refractivity contribution in [2.75, 3.05) is 33.4 Å². The zero-order valence-electron chi connectivity index (χ0n) is 18.3. The number of benzene rings is 2. The zero-order chi connectivity index (χ0) is 22.2. The average molecular weight is 433 g/mol. The Morgan fingerprint density at radius 1 is 1.13 bits per heavy atom. The number of hydrogen-bond acceptors (Lipinski definition) is 6. The van der Waals surface area contributed by atoms with Crippen LogP contribution in [0.2, 0.25) is 0 Å². The number of aliphatic hydroxyl groups is 2. The molecule has 0 saturated carbocycles. The molecule has 0 unspecified atom stereocenters. The monoisotopic (exact) mass is 432 g/mol. The molecule has 7 heteroatoms. The fourth-order valence-electron chi connectivity index (χ4n) is 3.75. The van der Waals surface area contributed by atoms with Crippen LogP contribution in [0.25, 0.3) is 0 Å². The van der Waals surface area contributed by atoms with Crippen molar-refractivity contribution >= 4 is 0 Å². The Labute approximate surface area is 183 Å². The minimum absolute atomic E-state index is 0.172. The highest BCUT2D eigenvalue weighted by atomic mass is 19.1. The minimum atomic E-state index is -0.615. The molecule has 0 aliphatic carbocycles. The number of aryl methyl sites for hydroxylation is 1. The number of hydrogen-bond donors (Lipinski definition) is 3. The van der Waals surface area contributed by atoms with Crippen LogP contribution in [0.1, 0.15) is 29.5 Å². The number of β-amino-alcohol motifs (C(OH)–C–C–N with tert-alkyl or cyclic N) is 1. The molecule has 170 valence electrons. The van der Waals surface area contributed by atoms with Crippen molar-refractivity contribution in [2.45, 2.75) is 45.1 Å². The Bertz CT molecular complexity index is 840. The molecular weight excluding hydrogens is 399 g/mol. The van der Waals surface area contributed by atoms with Gasteiger partial charge in [0, 0.05) is 32.7 Å². The first-order valence-corrected chi connectivity index (χ1v) is 10.8. The molecule has 3 rings (SSSR count). The molecule has 2 aromatic rings. The number of rotatable bonds is 10. The molecule has 1 heterocycles. The van der Waals surface area contributed by atoms with E-state index >= 15 is 0 Å².